The monoisotopic (exact) mass is 271 g/mol. The molecule has 0 aliphatic heterocycles. The minimum atomic E-state index is -0.121. The van der Waals surface area contributed by atoms with Gasteiger partial charge in [0, 0.05) is 18.4 Å². The Kier molecular flexibility index (Phi) is 4.13. The van der Waals surface area contributed by atoms with E-state index in [1.165, 1.54) is 0 Å². The third-order valence-electron chi connectivity index (χ3n) is 3.47. The zero-order valence-electron chi connectivity index (χ0n) is 12.2. The van der Waals surface area contributed by atoms with Crippen molar-refractivity contribution in [2.24, 2.45) is 0 Å². The van der Waals surface area contributed by atoms with Gasteiger partial charge in [-0.2, -0.15) is 0 Å². The molecule has 1 aromatic heterocycles. The molecule has 4 heteroatoms. The lowest BCUT2D eigenvalue weighted by atomic mass is 10.1. The Morgan fingerprint density at radius 2 is 2.10 bits per heavy atom. The quantitative estimate of drug-likeness (QED) is 0.895. The molecule has 0 aliphatic carbocycles. The van der Waals surface area contributed by atoms with E-state index in [1.807, 2.05) is 42.8 Å². The summed E-state index contributed by atoms with van der Waals surface area (Å²) in [6, 6.07) is 7.60. The number of carbonyl (C=O) groups is 1. The average molecular weight is 271 g/mol. The summed E-state index contributed by atoms with van der Waals surface area (Å²) in [4.78, 5) is 12.4. The SMILES string of the molecule is CCCn1cc(N)cc1C(=O)Nc1cccc(C)c1C. The highest BCUT2D eigenvalue weighted by molar-refractivity contribution is 6.04. The molecule has 0 saturated carbocycles. The van der Waals surface area contributed by atoms with E-state index in [9.17, 15) is 4.79 Å². The number of nitrogens with two attached hydrogens (primary N) is 1. The molecule has 0 aliphatic rings. The van der Waals surface area contributed by atoms with E-state index in [0.29, 0.717) is 11.4 Å². The molecule has 0 spiro atoms. The van der Waals surface area contributed by atoms with Gasteiger partial charge in [-0.3, -0.25) is 4.79 Å². The van der Waals surface area contributed by atoms with E-state index in [1.54, 1.807) is 6.07 Å². The van der Waals surface area contributed by atoms with Crippen LogP contribution in [0.5, 0.6) is 0 Å². The number of rotatable bonds is 4. The number of aryl methyl sites for hydroxylation is 2. The van der Waals surface area contributed by atoms with Crippen molar-refractivity contribution in [1.82, 2.24) is 4.57 Å². The lowest BCUT2D eigenvalue weighted by Gasteiger charge is -2.11. The fourth-order valence-electron chi connectivity index (χ4n) is 2.22. The predicted octanol–water partition coefficient (Wildman–Crippen LogP) is 3.35. The number of nitrogens with one attached hydrogen (secondary N) is 1. The van der Waals surface area contributed by atoms with Crippen LogP contribution in [0.25, 0.3) is 0 Å². The summed E-state index contributed by atoms with van der Waals surface area (Å²) in [6.45, 7) is 6.89. The summed E-state index contributed by atoms with van der Waals surface area (Å²) < 4.78 is 1.90. The second-order valence-electron chi connectivity index (χ2n) is 5.05. The van der Waals surface area contributed by atoms with E-state index in [-0.39, 0.29) is 5.91 Å². The summed E-state index contributed by atoms with van der Waals surface area (Å²) in [5.41, 5.74) is 10.1. The minimum absolute atomic E-state index is 0.121. The Hall–Kier alpha value is -2.23. The second kappa shape index (κ2) is 5.82. The van der Waals surface area contributed by atoms with E-state index >= 15 is 0 Å². The highest BCUT2D eigenvalue weighted by Gasteiger charge is 2.13. The van der Waals surface area contributed by atoms with Crippen molar-refractivity contribution in [1.29, 1.82) is 0 Å². The van der Waals surface area contributed by atoms with Crippen LogP contribution in [0, 0.1) is 13.8 Å². The maximum Gasteiger partial charge on any atom is 0.272 e. The molecule has 0 unspecified atom stereocenters. The first-order valence-electron chi connectivity index (χ1n) is 6.86. The van der Waals surface area contributed by atoms with E-state index in [2.05, 4.69) is 12.2 Å². The number of benzene rings is 1. The Balaban J connectivity index is 2.26. The fourth-order valence-corrected chi connectivity index (χ4v) is 2.22. The van der Waals surface area contributed by atoms with Crippen molar-refractivity contribution in [2.45, 2.75) is 33.7 Å². The van der Waals surface area contributed by atoms with Gasteiger partial charge in [-0.1, -0.05) is 19.1 Å². The summed E-state index contributed by atoms with van der Waals surface area (Å²) in [7, 11) is 0. The number of nitrogens with zero attached hydrogens (tertiary/aromatic N) is 1. The van der Waals surface area contributed by atoms with E-state index < -0.39 is 0 Å². The molecule has 0 radical (unpaired) electrons. The van der Waals surface area contributed by atoms with Crippen molar-refractivity contribution < 1.29 is 4.79 Å². The van der Waals surface area contributed by atoms with Gasteiger partial charge in [-0.25, -0.2) is 0 Å². The van der Waals surface area contributed by atoms with Crippen molar-refractivity contribution in [2.75, 3.05) is 11.1 Å². The van der Waals surface area contributed by atoms with Gasteiger partial charge in [0.25, 0.3) is 5.91 Å². The number of carbonyl (C=O) groups excluding carboxylic acids is 1. The Labute approximate surface area is 119 Å². The highest BCUT2D eigenvalue weighted by Crippen LogP contribution is 2.20. The molecule has 1 amide bonds. The maximum atomic E-state index is 12.4. The van der Waals surface area contributed by atoms with E-state index in [0.717, 1.165) is 29.8 Å². The van der Waals surface area contributed by atoms with Crippen molar-refractivity contribution >= 4 is 17.3 Å². The molecule has 2 aromatic rings. The first kappa shape index (κ1) is 14.2. The normalized spacial score (nSPS) is 10.6. The molecule has 0 atom stereocenters. The molecular weight excluding hydrogens is 250 g/mol. The molecular formula is C16H21N3O. The van der Waals surface area contributed by atoms with Crippen LogP contribution in [0.1, 0.15) is 35.0 Å². The Morgan fingerprint density at radius 1 is 1.35 bits per heavy atom. The van der Waals surface area contributed by atoms with Gasteiger partial charge in [0.1, 0.15) is 5.69 Å². The van der Waals surface area contributed by atoms with Crippen molar-refractivity contribution in [3.05, 3.63) is 47.3 Å². The highest BCUT2D eigenvalue weighted by atomic mass is 16.1. The van der Waals surface area contributed by atoms with Crippen molar-refractivity contribution in [3.8, 4) is 0 Å². The van der Waals surface area contributed by atoms with Crippen LogP contribution in [0.4, 0.5) is 11.4 Å². The Bertz CT molecular complexity index is 629. The summed E-state index contributed by atoms with van der Waals surface area (Å²) in [5, 5.41) is 2.96. The third-order valence-corrected chi connectivity index (χ3v) is 3.47. The smallest absolute Gasteiger partial charge is 0.272 e. The number of aromatic nitrogens is 1. The zero-order valence-corrected chi connectivity index (χ0v) is 12.2. The summed E-state index contributed by atoms with van der Waals surface area (Å²) in [5.74, 6) is -0.121. The summed E-state index contributed by atoms with van der Waals surface area (Å²) in [6.07, 6.45) is 2.76. The number of nitrogen functional groups attached to an aromatic ring is 1. The second-order valence-corrected chi connectivity index (χ2v) is 5.05. The topological polar surface area (TPSA) is 60.0 Å². The number of hydrogen-bond acceptors (Lipinski definition) is 2. The molecule has 4 nitrogen and oxygen atoms in total. The molecule has 0 fully saturated rings. The molecule has 106 valence electrons. The lowest BCUT2D eigenvalue weighted by Crippen LogP contribution is -2.17. The third kappa shape index (κ3) is 2.85. The van der Waals surface area contributed by atoms with Gasteiger partial charge >= 0.3 is 0 Å². The standard InChI is InChI=1S/C16H21N3O/c1-4-8-19-10-13(17)9-15(19)16(20)18-14-7-5-6-11(2)12(14)3/h5-7,9-10H,4,8,17H2,1-3H3,(H,18,20). The van der Waals surface area contributed by atoms with Crippen LogP contribution in [0.3, 0.4) is 0 Å². The zero-order chi connectivity index (χ0) is 14.7. The molecule has 3 N–H and O–H groups in total. The maximum absolute atomic E-state index is 12.4. The summed E-state index contributed by atoms with van der Waals surface area (Å²) >= 11 is 0. The van der Waals surface area contributed by atoms with Crippen molar-refractivity contribution in [3.63, 3.8) is 0 Å². The number of anilines is 2. The lowest BCUT2D eigenvalue weighted by molar-refractivity contribution is 0.101. The largest absolute Gasteiger partial charge is 0.397 e. The first-order valence-corrected chi connectivity index (χ1v) is 6.86. The molecule has 1 heterocycles. The molecule has 20 heavy (non-hydrogen) atoms. The minimum Gasteiger partial charge on any atom is -0.397 e. The van der Waals surface area contributed by atoms with Gasteiger partial charge < -0.3 is 15.6 Å². The fraction of sp³-hybridized carbons (Fsp3) is 0.312. The molecule has 0 bridgehead atoms. The average Bonchev–Trinajstić information content (AvgIpc) is 2.76. The number of hydrogen-bond donors (Lipinski definition) is 2. The van der Waals surface area contributed by atoms with Crippen LogP contribution in [0.2, 0.25) is 0 Å². The number of amides is 1. The van der Waals surface area contributed by atoms with E-state index in [4.69, 9.17) is 5.73 Å². The van der Waals surface area contributed by atoms with Crippen LogP contribution in [-0.2, 0) is 6.54 Å². The molecule has 0 saturated heterocycles. The van der Waals surface area contributed by atoms with Crippen LogP contribution < -0.4 is 11.1 Å². The molecule has 1 aromatic carbocycles. The van der Waals surface area contributed by atoms with Gasteiger partial charge in [0.2, 0.25) is 0 Å². The Morgan fingerprint density at radius 3 is 2.80 bits per heavy atom. The van der Waals surface area contributed by atoms with Crippen LogP contribution in [-0.4, -0.2) is 10.5 Å². The van der Waals surface area contributed by atoms with Gasteiger partial charge in [-0.05, 0) is 43.5 Å². The van der Waals surface area contributed by atoms with Crippen LogP contribution >= 0.6 is 0 Å². The van der Waals surface area contributed by atoms with Crippen LogP contribution in [0.15, 0.2) is 30.5 Å². The first-order chi connectivity index (χ1) is 9.52. The molecule has 2 rings (SSSR count). The predicted molar refractivity (Wildman–Crippen MR) is 83.0 cm³/mol. The van der Waals surface area contributed by atoms with Gasteiger partial charge in [0.05, 0.1) is 5.69 Å². The van der Waals surface area contributed by atoms with Gasteiger partial charge in [0.15, 0.2) is 0 Å². The van der Waals surface area contributed by atoms with Gasteiger partial charge in [-0.15, -0.1) is 0 Å².